The summed E-state index contributed by atoms with van der Waals surface area (Å²) in [7, 11) is 0. The van der Waals surface area contributed by atoms with Gasteiger partial charge in [0, 0.05) is 31.1 Å². The van der Waals surface area contributed by atoms with Crippen molar-refractivity contribution in [1.29, 1.82) is 0 Å². The van der Waals surface area contributed by atoms with Crippen LogP contribution in [0.15, 0.2) is 91.0 Å². The van der Waals surface area contributed by atoms with Gasteiger partial charge in [-0.3, -0.25) is 9.69 Å². The van der Waals surface area contributed by atoms with Gasteiger partial charge in [0.15, 0.2) is 0 Å². The summed E-state index contributed by atoms with van der Waals surface area (Å²) in [6.45, 7) is 2.70. The lowest BCUT2D eigenvalue weighted by Gasteiger charge is -2.45. The maximum absolute atomic E-state index is 12.2. The monoisotopic (exact) mass is 356 g/mol. The van der Waals surface area contributed by atoms with Crippen molar-refractivity contribution in [1.82, 2.24) is 10.2 Å². The van der Waals surface area contributed by atoms with E-state index in [0.717, 1.165) is 25.2 Å². The summed E-state index contributed by atoms with van der Waals surface area (Å²) >= 11 is 0. The van der Waals surface area contributed by atoms with Crippen molar-refractivity contribution in [3.8, 4) is 0 Å². The fraction of sp³-hybridized carbons (Fsp3) is 0.208. The average Bonchev–Trinajstić information content (AvgIpc) is 2.71. The van der Waals surface area contributed by atoms with Crippen LogP contribution in [0.25, 0.3) is 0 Å². The molecule has 1 saturated heterocycles. The van der Waals surface area contributed by atoms with Crippen molar-refractivity contribution in [3.63, 3.8) is 0 Å². The van der Waals surface area contributed by atoms with E-state index in [1.54, 1.807) is 0 Å². The van der Waals surface area contributed by atoms with E-state index in [9.17, 15) is 4.79 Å². The van der Waals surface area contributed by atoms with Crippen molar-refractivity contribution in [3.05, 3.63) is 108 Å². The van der Waals surface area contributed by atoms with E-state index >= 15 is 0 Å². The van der Waals surface area contributed by atoms with Crippen LogP contribution in [0, 0.1) is 5.92 Å². The van der Waals surface area contributed by atoms with Gasteiger partial charge < -0.3 is 5.32 Å². The Morgan fingerprint density at radius 1 is 0.815 bits per heavy atom. The largest absolute Gasteiger partial charge is 0.352 e. The van der Waals surface area contributed by atoms with Gasteiger partial charge in [0.2, 0.25) is 0 Å². The quantitative estimate of drug-likeness (QED) is 0.720. The van der Waals surface area contributed by atoms with Crippen molar-refractivity contribution < 1.29 is 4.79 Å². The first-order chi connectivity index (χ1) is 13.3. The number of benzene rings is 3. The number of carbonyl (C=O) groups is 1. The third kappa shape index (κ3) is 4.09. The normalized spacial score (nSPS) is 14.7. The molecule has 0 saturated carbocycles. The number of nitrogens with zero attached hydrogens (tertiary/aromatic N) is 1. The fourth-order valence-corrected chi connectivity index (χ4v) is 3.76. The first kappa shape index (κ1) is 17.5. The second kappa shape index (κ2) is 8.19. The lowest BCUT2D eigenvalue weighted by atomic mass is 9.90. The van der Waals surface area contributed by atoms with E-state index < -0.39 is 0 Å². The Morgan fingerprint density at radius 2 is 1.30 bits per heavy atom. The van der Waals surface area contributed by atoms with Crippen LogP contribution >= 0.6 is 0 Å². The van der Waals surface area contributed by atoms with Gasteiger partial charge in [0.1, 0.15) is 0 Å². The van der Waals surface area contributed by atoms with Crippen LogP contribution in [0.2, 0.25) is 0 Å². The molecule has 136 valence electrons. The Bertz CT molecular complexity index is 819. The number of amides is 1. The number of carbonyl (C=O) groups excluding carboxylic acids is 1. The van der Waals surface area contributed by atoms with Crippen molar-refractivity contribution in [2.24, 2.45) is 5.92 Å². The van der Waals surface area contributed by atoms with Gasteiger partial charge >= 0.3 is 0 Å². The molecule has 27 heavy (non-hydrogen) atoms. The predicted molar refractivity (Wildman–Crippen MR) is 109 cm³/mol. The van der Waals surface area contributed by atoms with Gasteiger partial charge in [0.05, 0.1) is 6.04 Å². The minimum absolute atomic E-state index is 0.0109. The highest BCUT2D eigenvalue weighted by Gasteiger charge is 2.33. The van der Waals surface area contributed by atoms with Crippen molar-refractivity contribution >= 4 is 5.91 Å². The molecule has 3 nitrogen and oxygen atoms in total. The second-order valence-electron chi connectivity index (χ2n) is 7.12. The smallest absolute Gasteiger partial charge is 0.251 e. The zero-order valence-corrected chi connectivity index (χ0v) is 15.3. The maximum Gasteiger partial charge on any atom is 0.251 e. The summed E-state index contributed by atoms with van der Waals surface area (Å²) in [5, 5.41) is 3.07. The van der Waals surface area contributed by atoms with Crippen LogP contribution in [0.3, 0.4) is 0 Å². The molecule has 0 spiro atoms. The van der Waals surface area contributed by atoms with Gasteiger partial charge in [-0.1, -0.05) is 78.9 Å². The first-order valence-electron chi connectivity index (χ1n) is 9.48. The second-order valence-corrected chi connectivity index (χ2v) is 7.12. The van der Waals surface area contributed by atoms with Crippen LogP contribution in [-0.2, 0) is 0 Å². The molecular formula is C24H24N2O. The fourth-order valence-electron chi connectivity index (χ4n) is 3.76. The molecule has 1 amide bonds. The van der Waals surface area contributed by atoms with Crippen LogP contribution in [0.4, 0.5) is 0 Å². The molecule has 3 aromatic rings. The molecule has 1 aliphatic rings. The minimum Gasteiger partial charge on any atom is -0.352 e. The molecule has 1 aliphatic heterocycles. The summed E-state index contributed by atoms with van der Waals surface area (Å²) in [6, 6.07) is 31.0. The summed E-state index contributed by atoms with van der Waals surface area (Å²) in [6.07, 6.45) is 0. The molecule has 3 aromatic carbocycles. The molecule has 0 radical (unpaired) electrons. The first-order valence-corrected chi connectivity index (χ1v) is 9.48. The van der Waals surface area contributed by atoms with Crippen molar-refractivity contribution in [2.45, 2.75) is 6.04 Å². The highest BCUT2D eigenvalue weighted by molar-refractivity contribution is 5.94. The van der Waals surface area contributed by atoms with E-state index in [2.05, 4.69) is 70.9 Å². The van der Waals surface area contributed by atoms with E-state index in [1.807, 2.05) is 30.3 Å². The van der Waals surface area contributed by atoms with Gasteiger partial charge in [-0.15, -0.1) is 0 Å². The van der Waals surface area contributed by atoms with Crippen LogP contribution in [-0.4, -0.2) is 30.4 Å². The lowest BCUT2D eigenvalue weighted by molar-refractivity contribution is 0.0645. The molecule has 4 rings (SSSR count). The van der Waals surface area contributed by atoms with Crippen LogP contribution in [0.1, 0.15) is 27.5 Å². The van der Waals surface area contributed by atoms with E-state index in [1.165, 1.54) is 11.1 Å². The summed E-state index contributed by atoms with van der Waals surface area (Å²) in [5.74, 6) is 0.504. The number of nitrogens with one attached hydrogen (secondary N) is 1. The molecule has 0 aromatic heterocycles. The number of hydrogen-bond acceptors (Lipinski definition) is 2. The Hall–Kier alpha value is -2.91. The van der Waals surface area contributed by atoms with Gasteiger partial charge in [-0.2, -0.15) is 0 Å². The highest BCUT2D eigenvalue weighted by atomic mass is 16.1. The molecule has 0 aliphatic carbocycles. The van der Waals surface area contributed by atoms with E-state index in [-0.39, 0.29) is 11.9 Å². The van der Waals surface area contributed by atoms with E-state index in [4.69, 9.17) is 0 Å². The number of likely N-dealkylation sites (tertiary alicyclic amines) is 1. The molecule has 1 N–H and O–H groups in total. The molecule has 1 heterocycles. The summed E-state index contributed by atoms with van der Waals surface area (Å²) in [4.78, 5) is 14.7. The zero-order valence-electron chi connectivity index (χ0n) is 15.3. The topological polar surface area (TPSA) is 32.3 Å². The number of hydrogen-bond donors (Lipinski definition) is 1. The molecule has 0 unspecified atom stereocenters. The van der Waals surface area contributed by atoms with Gasteiger partial charge in [-0.05, 0) is 23.3 Å². The molecule has 1 fully saturated rings. The standard InChI is InChI=1S/C24H24N2O/c27-24(22-14-8-3-9-15-22)25-16-19-17-26(18-19)23(20-10-4-1-5-11-20)21-12-6-2-7-13-21/h1-15,19,23H,16-18H2,(H,25,27). The zero-order chi connectivity index (χ0) is 18.5. The predicted octanol–water partition coefficient (Wildman–Crippen LogP) is 4.14. The SMILES string of the molecule is O=C(NCC1CN(C(c2ccccc2)c2ccccc2)C1)c1ccccc1. The Labute approximate surface area is 160 Å². The molecule has 0 bridgehead atoms. The Kier molecular flexibility index (Phi) is 5.31. The molecular weight excluding hydrogens is 332 g/mol. The molecule has 0 atom stereocenters. The summed E-state index contributed by atoms with van der Waals surface area (Å²) in [5.41, 5.74) is 3.35. The molecule has 3 heteroatoms. The summed E-state index contributed by atoms with van der Waals surface area (Å²) < 4.78 is 0. The Morgan fingerprint density at radius 3 is 1.81 bits per heavy atom. The third-order valence-electron chi connectivity index (χ3n) is 5.17. The van der Waals surface area contributed by atoms with E-state index in [0.29, 0.717) is 5.92 Å². The third-order valence-corrected chi connectivity index (χ3v) is 5.17. The number of rotatable bonds is 6. The lowest BCUT2D eigenvalue weighted by Crippen LogP contribution is -2.52. The van der Waals surface area contributed by atoms with Gasteiger partial charge in [0.25, 0.3) is 5.91 Å². The Balaban J connectivity index is 1.38. The minimum atomic E-state index is 0.0109. The van der Waals surface area contributed by atoms with Crippen LogP contribution in [0.5, 0.6) is 0 Å². The van der Waals surface area contributed by atoms with Crippen LogP contribution < -0.4 is 5.32 Å². The van der Waals surface area contributed by atoms with Gasteiger partial charge in [-0.25, -0.2) is 0 Å². The average molecular weight is 356 g/mol. The highest BCUT2D eigenvalue weighted by Crippen LogP contribution is 2.33. The van der Waals surface area contributed by atoms with Crippen molar-refractivity contribution in [2.75, 3.05) is 19.6 Å². The maximum atomic E-state index is 12.2.